The van der Waals surface area contributed by atoms with Crippen molar-refractivity contribution >= 4 is 17.6 Å². The summed E-state index contributed by atoms with van der Waals surface area (Å²) in [5.74, 6) is -3.58. The van der Waals surface area contributed by atoms with E-state index in [4.69, 9.17) is 4.74 Å². The molecular formula is C18H16F3N3O3. The zero-order valence-corrected chi connectivity index (χ0v) is 14.2. The maximum atomic E-state index is 14.3. The molecule has 142 valence electrons. The minimum atomic E-state index is -1.10. The lowest BCUT2D eigenvalue weighted by molar-refractivity contribution is -0.120. The molecule has 0 unspecified atom stereocenters. The van der Waals surface area contributed by atoms with Gasteiger partial charge in [0.2, 0.25) is 5.91 Å². The Labute approximate surface area is 152 Å². The molecule has 9 heteroatoms. The van der Waals surface area contributed by atoms with Gasteiger partial charge in [-0.15, -0.1) is 0 Å². The summed E-state index contributed by atoms with van der Waals surface area (Å²) in [6, 6.07) is 5.02. The van der Waals surface area contributed by atoms with Crippen LogP contribution in [0.3, 0.4) is 0 Å². The minimum Gasteiger partial charge on any atom is -0.494 e. The number of rotatable bonds is 4. The van der Waals surface area contributed by atoms with Crippen molar-refractivity contribution in [1.82, 2.24) is 10.6 Å². The Kier molecular flexibility index (Phi) is 5.20. The summed E-state index contributed by atoms with van der Waals surface area (Å²) in [5, 5.41) is 7.41. The van der Waals surface area contributed by atoms with Crippen LogP contribution in [0.4, 0.5) is 23.7 Å². The van der Waals surface area contributed by atoms with E-state index in [1.165, 1.54) is 19.2 Å². The van der Waals surface area contributed by atoms with Crippen molar-refractivity contribution in [1.29, 1.82) is 0 Å². The first-order valence-corrected chi connectivity index (χ1v) is 8.02. The molecule has 0 aromatic heterocycles. The fourth-order valence-electron chi connectivity index (χ4n) is 2.90. The molecule has 1 fully saturated rings. The van der Waals surface area contributed by atoms with Gasteiger partial charge < -0.3 is 20.7 Å². The van der Waals surface area contributed by atoms with Crippen LogP contribution in [0.1, 0.15) is 11.5 Å². The fourth-order valence-corrected chi connectivity index (χ4v) is 2.90. The van der Waals surface area contributed by atoms with Crippen LogP contribution in [-0.2, 0) is 4.79 Å². The van der Waals surface area contributed by atoms with Gasteiger partial charge >= 0.3 is 6.03 Å². The molecule has 1 aliphatic rings. The van der Waals surface area contributed by atoms with Crippen molar-refractivity contribution in [2.45, 2.75) is 12.0 Å². The molecule has 2 aromatic carbocycles. The highest BCUT2D eigenvalue weighted by Gasteiger charge is 2.38. The molecule has 0 radical (unpaired) electrons. The topological polar surface area (TPSA) is 79.5 Å². The van der Waals surface area contributed by atoms with Crippen LogP contribution in [-0.4, -0.2) is 31.6 Å². The number of urea groups is 1. The lowest BCUT2D eigenvalue weighted by Crippen LogP contribution is -2.44. The predicted molar refractivity (Wildman–Crippen MR) is 91.0 cm³/mol. The van der Waals surface area contributed by atoms with Gasteiger partial charge in [-0.3, -0.25) is 4.79 Å². The molecule has 2 atom stereocenters. The number of carbonyl (C=O) groups excluding carboxylic acids is 2. The maximum Gasteiger partial charge on any atom is 0.319 e. The molecule has 3 N–H and O–H groups in total. The summed E-state index contributed by atoms with van der Waals surface area (Å²) in [6.07, 6.45) is 0. The quantitative estimate of drug-likeness (QED) is 0.764. The van der Waals surface area contributed by atoms with Crippen molar-refractivity contribution in [2.24, 2.45) is 0 Å². The van der Waals surface area contributed by atoms with Crippen LogP contribution >= 0.6 is 0 Å². The van der Waals surface area contributed by atoms with E-state index in [0.717, 1.165) is 24.3 Å². The normalized spacial score (nSPS) is 18.7. The first-order valence-electron chi connectivity index (χ1n) is 8.02. The van der Waals surface area contributed by atoms with E-state index in [1.807, 2.05) is 0 Å². The Bertz CT molecular complexity index is 874. The largest absolute Gasteiger partial charge is 0.494 e. The number of hydrogen-bond acceptors (Lipinski definition) is 3. The third-order valence-corrected chi connectivity index (χ3v) is 4.24. The highest BCUT2D eigenvalue weighted by atomic mass is 19.1. The molecule has 3 amide bonds. The van der Waals surface area contributed by atoms with Gasteiger partial charge in [0.15, 0.2) is 11.6 Å². The third kappa shape index (κ3) is 3.97. The highest BCUT2D eigenvalue weighted by Crippen LogP contribution is 2.30. The summed E-state index contributed by atoms with van der Waals surface area (Å²) in [5.41, 5.74) is 0.254. The second kappa shape index (κ2) is 7.56. The first-order chi connectivity index (χ1) is 12.9. The summed E-state index contributed by atoms with van der Waals surface area (Å²) >= 11 is 0. The van der Waals surface area contributed by atoms with Gasteiger partial charge in [0.25, 0.3) is 0 Å². The van der Waals surface area contributed by atoms with Crippen LogP contribution in [0.15, 0.2) is 36.4 Å². The Balaban J connectivity index is 1.77. The van der Waals surface area contributed by atoms with Crippen LogP contribution in [0, 0.1) is 17.5 Å². The molecule has 1 saturated heterocycles. The van der Waals surface area contributed by atoms with E-state index in [-0.39, 0.29) is 17.9 Å². The highest BCUT2D eigenvalue weighted by molar-refractivity contribution is 5.95. The SMILES string of the molecule is COc1cc(F)c([C@@H]2CNC(=O)[C@H]2NC(=O)Nc2ccc(F)cc2)cc1F. The van der Waals surface area contributed by atoms with Gasteiger partial charge in [-0.2, -0.15) is 0 Å². The Morgan fingerprint density at radius 2 is 1.85 bits per heavy atom. The molecule has 0 bridgehead atoms. The molecule has 2 aromatic rings. The standard InChI is InChI=1S/C18H16F3N3O3/c1-27-15-7-13(20)11(6-14(15)21)12-8-22-17(25)16(12)24-18(26)23-10-4-2-9(19)3-5-10/h2-7,12,16H,8H2,1H3,(H,22,25)(H2,23,24,26)/t12-,16-/m0/s1. The number of carbonyl (C=O) groups is 2. The third-order valence-electron chi connectivity index (χ3n) is 4.24. The Morgan fingerprint density at radius 1 is 1.15 bits per heavy atom. The van der Waals surface area contributed by atoms with E-state index in [1.54, 1.807) is 0 Å². The molecule has 0 saturated carbocycles. The molecule has 1 heterocycles. The molecule has 6 nitrogen and oxygen atoms in total. The molecule has 27 heavy (non-hydrogen) atoms. The van der Waals surface area contributed by atoms with Gasteiger partial charge in [-0.05, 0) is 35.9 Å². The van der Waals surface area contributed by atoms with Gasteiger partial charge in [-0.25, -0.2) is 18.0 Å². The second-order valence-electron chi connectivity index (χ2n) is 5.94. The smallest absolute Gasteiger partial charge is 0.319 e. The van der Waals surface area contributed by atoms with E-state index >= 15 is 0 Å². The van der Waals surface area contributed by atoms with Crippen molar-refractivity contribution in [3.05, 3.63) is 59.4 Å². The summed E-state index contributed by atoms with van der Waals surface area (Å²) in [6.45, 7) is 0.0308. The molecule has 3 rings (SSSR count). The average Bonchev–Trinajstić information content (AvgIpc) is 2.99. The number of amides is 3. The zero-order valence-electron chi connectivity index (χ0n) is 14.2. The Hall–Kier alpha value is -3.23. The maximum absolute atomic E-state index is 14.3. The molecule has 1 aliphatic heterocycles. The molecule has 0 spiro atoms. The van der Waals surface area contributed by atoms with Crippen LogP contribution in [0.2, 0.25) is 0 Å². The van der Waals surface area contributed by atoms with E-state index in [9.17, 15) is 22.8 Å². The van der Waals surface area contributed by atoms with Crippen molar-refractivity contribution < 1.29 is 27.5 Å². The fraction of sp³-hybridized carbons (Fsp3) is 0.222. The van der Waals surface area contributed by atoms with Gasteiger partial charge in [-0.1, -0.05) is 0 Å². The van der Waals surface area contributed by atoms with E-state index in [2.05, 4.69) is 16.0 Å². The number of benzene rings is 2. The number of halogens is 3. The van der Waals surface area contributed by atoms with E-state index in [0.29, 0.717) is 5.69 Å². The molecule has 0 aliphatic carbocycles. The summed E-state index contributed by atoms with van der Waals surface area (Å²) in [7, 11) is 1.21. The Morgan fingerprint density at radius 3 is 2.52 bits per heavy atom. The zero-order chi connectivity index (χ0) is 19.6. The van der Waals surface area contributed by atoms with Crippen LogP contribution < -0.4 is 20.7 Å². The minimum absolute atomic E-state index is 0.0308. The lowest BCUT2D eigenvalue weighted by atomic mass is 9.93. The summed E-state index contributed by atoms with van der Waals surface area (Å²) in [4.78, 5) is 24.2. The second-order valence-corrected chi connectivity index (χ2v) is 5.94. The average molecular weight is 379 g/mol. The van der Waals surface area contributed by atoms with Gasteiger partial charge in [0.05, 0.1) is 7.11 Å². The predicted octanol–water partition coefficient (Wildman–Crippen LogP) is 2.52. The van der Waals surface area contributed by atoms with Crippen molar-refractivity contribution in [2.75, 3.05) is 19.0 Å². The number of anilines is 1. The van der Waals surface area contributed by atoms with Gasteiger partial charge in [0.1, 0.15) is 17.7 Å². The summed E-state index contributed by atoms with van der Waals surface area (Å²) < 4.78 is 45.9. The van der Waals surface area contributed by atoms with Gasteiger partial charge in [0, 0.05) is 24.2 Å². The van der Waals surface area contributed by atoms with Crippen molar-refractivity contribution in [3.8, 4) is 5.75 Å². The van der Waals surface area contributed by atoms with Crippen LogP contribution in [0.25, 0.3) is 0 Å². The molecular weight excluding hydrogens is 363 g/mol. The monoisotopic (exact) mass is 379 g/mol. The number of ether oxygens (including phenoxy) is 1. The van der Waals surface area contributed by atoms with E-state index < -0.39 is 41.3 Å². The van der Waals surface area contributed by atoms with Crippen LogP contribution in [0.5, 0.6) is 5.75 Å². The van der Waals surface area contributed by atoms with Crippen molar-refractivity contribution in [3.63, 3.8) is 0 Å². The number of hydrogen-bond donors (Lipinski definition) is 3. The number of nitrogens with one attached hydrogen (secondary N) is 3. The number of methoxy groups -OCH3 is 1. The lowest BCUT2D eigenvalue weighted by Gasteiger charge is -2.20. The first kappa shape index (κ1) is 18.6.